The molecule has 0 spiro atoms. The molecule has 0 unspecified atom stereocenters. The Balaban J connectivity index is 2.29. The van der Waals surface area contributed by atoms with Crippen LogP contribution < -0.4 is 0 Å². The minimum Gasteiger partial charge on any atom is -0.316 e. The number of nitrogens with zero attached hydrogens (tertiary/aromatic N) is 1. The van der Waals surface area contributed by atoms with Gasteiger partial charge in [0.05, 0.1) is 0 Å². The van der Waals surface area contributed by atoms with Crippen LogP contribution in [-0.4, -0.2) is 17.4 Å². The summed E-state index contributed by atoms with van der Waals surface area (Å²) in [6.45, 7) is 3.13. The average molecular weight is 165 g/mol. The number of hydrogen-bond donors (Lipinski definition) is 0. The van der Waals surface area contributed by atoms with E-state index in [0.717, 1.165) is 32.2 Å². The molecule has 0 aromatic rings. The minimum absolute atomic E-state index is 0.343. The number of fused-ring (bicyclic) bond motifs is 1. The Bertz CT molecular complexity index is 242. The molecule has 1 saturated heterocycles. The van der Waals surface area contributed by atoms with Crippen molar-refractivity contribution in [1.82, 2.24) is 4.90 Å². The van der Waals surface area contributed by atoms with Gasteiger partial charge in [0.15, 0.2) is 0 Å². The zero-order valence-corrected chi connectivity index (χ0v) is 7.60. The number of carbonyl (C=O) groups excluding carboxylic acids is 1. The molecular formula is C10H15NO. The van der Waals surface area contributed by atoms with E-state index in [1.54, 1.807) is 0 Å². The van der Waals surface area contributed by atoms with Crippen LogP contribution in [0.3, 0.4) is 0 Å². The first kappa shape index (κ1) is 7.84. The van der Waals surface area contributed by atoms with E-state index in [2.05, 4.69) is 6.92 Å². The van der Waals surface area contributed by atoms with E-state index in [4.69, 9.17) is 0 Å². The maximum atomic E-state index is 11.5. The van der Waals surface area contributed by atoms with Crippen LogP contribution in [0.15, 0.2) is 11.3 Å². The second-order valence-corrected chi connectivity index (χ2v) is 3.73. The van der Waals surface area contributed by atoms with Gasteiger partial charge in [0.25, 0.3) is 0 Å². The summed E-state index contributed by atoms with van der Waals surface area (Å²) in [5.41, 5.74) is 2.77. The third-order valence-electron chi connectivity index (χ3n) is 2.86. The molecule has 0 aliphatic carbocycles. The third-order valence-corrected chi connectivity index (χ3v) is 2.86. The van der Waals surface area contributed by atoms with Gasteiger partial charge in [0.2, 0.25) is 5.91 Å². The molecule has 0 aromatic heterocycles. The van der Waals surface area contributed by atoms with Crippen molar-refractivity contribution in [2.45, 2.75) is 39.0 Å². The van der Waals surface area contributed by atoms with Gasteiger partial charge in [0.1, 0.15) is 0 Å². The standard InChI is InChI=1S/C10H15NO/c1-8-4-3-7-11-9(8)5-2-6-10(11)12/h2-7H2,1H3. The van der Waals surface area contributed by atoms with Gasteiger partial charge in [-0.05, 0) is 32.6 Å². The molecule has 0 saturated carbocycles. The Hall–Kier alpha value is -0.790. The quantitative estimate of drug-likeness (QED) is 0.538. The Morgan fingerprint density at radius 1 is 1.17 bits per heavy atom. The van der Waals surface area contributed by atoms with E-state index in [1.807, 2.05) is 4.90 Å². The zero-order chi connectivity index (χ0) is 8.55. The monoisotopic (exact) mass is 165 g/mol. The summed E-state index contributed by atoms with van der Waals surface area (Å²) in [6.07, 6.45) is 5.29. The number of allylic oxidation sites excluding steroid dienone is 2. The average Bonchev–Trinajstić information content (AvgIpc) is 2.07. The molecule has 0 N–H and O–H groups in total. The fourth-order valence-corrected chi connectivity index (χ4v) is 2.18. The molecule has 66 valence electrons. The fraction of sp³-hybridized carbons (Fsp3) is 0.700. The highest BCUT2D eigenvalue weighted by atomic mass is 16.2. The van der Waals surface area contributed by atoms with E-state index in [1.165, 1.54) is 17.7 Å². The first-order chi connectivity index (χ1) is 5.79. The smallest absolute Gasteiger partial charge is 0.226 e. The van der Waals surface area contributed by atoms with Crippen LogP contribution >= 0.6 is 0 Å². The van der Waals surface area contributed by atoms with Crippen molar-refractivity contribution in [2.75, 3.05) is 6.54 Å². The summed E-state index contributed by atoms with van der Waals surface area (Å²) in [4.78, 5) is 13.5. The highest BCUT2D eigenvalue weighted by Gasteiger charge is 2.26. The number of piperidine rings is 1. The van der Waals surface area contributed by atoms with Gasteiger partial charge < -0.3 is 4.90 Å². The van der Waals surface area contributed by atoms with Crippen molar-refractivity contribution < 1.29 is 4.79 Å². The lowest BCUT2D eigenvalue weighted by Gasteiger charge is -2.34. The Morgan fingerprint density at radius 3 is 2.75 bits per heavy atom. The number of hydrogen-bond acceptors (Lipinski definition) is 1. The van der Waals surface area contributed by atoms with Crippen LogP contribution in [0.1, 0.15) is 39.0 Å². The van der Waals surface area contributed by atoms with Gasteiger partial charge in [-0.25, -0.2) is 0 Å². The molecule has 0 aromatic carbocycles. The van der Waals surface area contributed by atoms with Gasteiger partial charge in [0, 0.05) is 18.7 Å². The van der Waals surface area contributed by atoms with E-state index in [0.29, 0.717) is 5.91 Å². The Morgan fingerprint density at radius 2 is 2.00 bits per heavy atom. The van der Waals surface area contributed by atoms with E-state index in [-0.39, 0.29) is 0 Å². The predicted octanol–water partition coefficient (Wildman–Crippen LogP) is 2.07. The molecule has 1 amide bonds. The van der Waals surface area contributed by atoms with Crippen molar-refractivity contribution in [3.63, 3.8) is 0 Å². The fourth-order valence-electron chi connectivity index (χ4n) is 2.18. The summed E-state index contributed by atoms with van der Waals surface area (Å²) in [6, 6.07) is 0. The van der Waals surface area contributed by atoms with Crippen LogP contribution in [0.4, 0.5) is 0 Å². The second kappa shape index (κ2) is 2.92. The maximum Gasteiger partial charge on any atom is 0.226 e. The molecule has 12 heavy (non-hydrogen) atoms. The lowest BCUT2D eigenvalue weighted by atomic mass is 9.96. The zero-order valence-electron chi connectivity index (χ0n) is 7.60. The summed E-state index contributed by atoms with van der Waals surface area (Å²) in [5.74, 6) is 0.343. The van der Waals surface area contributed by atoms with Crippen LogP contribution in [-0.2, 0) is 4.79 Å². The van der Waals surface area contributed by atoms with Gasteiger partial charge >= 0.3 is 0 Å². The molecule has 2 heteroatoms. The van der Waals surface area contributed by atoms with Gasteiger partial charge in [-0.1, -0.05) is 5.57 Å². The molecule has 2 rings (SSSR count). The molecular weight excluding hydrogens is 150 g/mol. The van der Waals surface area contributed by atoms with Gasteiger partial charge in [-0.3, -0.25) is 4.79 Å². The second-order valence-electron chi connectivity index (χ2n) is 3.73. The molecule has 2 aliphatic rings. The lowest BCUT2D eigenvalue weighted by Crippen LogP contribution is -2.37. The summed E-state index contributed by atoms with van der Waals surface area (Å²) in [5, 5.41) is 0. The van der Waals surface area contributed by atoms with Crippen LogP contribution in [0.5, 0.6) is 0 Å². The molecule has 0 atom stereocenters. The third kappa shape index (κ3) is 1.15. The van der Waals surface area contributed by atoms with Crippen molar-refractivity contribution in [2.24, 2.45) is 0 Å². The van der Waals surface area contributed by atoms with Gasteiger partial charge in [-0.15, -0.1) is 0 Å². The first-order valence-electron chi connectivity index (χ1n) is 4.78. The first-order valence-corrected chi connectivity index (χ1v) is 4.78. The summed E-state index contributed by atoms with van der Waals surface area (Å²) in [7, 11) is 0. The Labute approximate surface area is 73.2 Å². The predicted molar refractivity (Wildman–Crippen MR) is 47.5 cm³/mol. The van der Waals surface area contributed by atoms with Crippen molar-refractivity contribution in [3.05, 3.63) is 11.3 Å². The topological polar surface area (TPSA) is 20.3 Å². The van der Waals surface area contributed by atoms with Gasteiger partial charge in [-0.2, -0.15) is 0 Å². The number of carbonyl (C=O) groups is 1. The minimum atomic E-state index is 0.343. The normalized spacial score (nSPS) is 24.4. The van der Waals surface area contributed by atoms with E-state index >= 15 is 0 Å². The number of amides is 1. The maximum absolute atomic E-state index is 11.5. The highest BCUT2D eigenvalue weighted by Crippen LogP contribution is 2.30. The van der Waals surface area contributed by atoms with Crippen molar-refractivity contribution in [3.8, 4) is 0 Å². The van der Waals surface area contributed by atoms with Crippen LogP contribution in [0.2, 0.25) is 0 Å². The molecule has 1 fully saturated rings. The summed E-state index contributed by atoms with van der Waals surface area (Å²) < 4.78 is 0. The van der Waals surface area contributed by atoms with Crippen molar-refractivity contribution >= 4 is 5.91 Å². The molecule has 0 radical (unpaired) electrons. The van der Waals surface area contributed by atoms with Crippen molar-refractivity contribution in [1.29, 1.82) is 0 Å². The molecule has 2 heterocycles. The lowest BCUT2D eigenvalue weighted by molar-refractivity contribution is -0.131. The Kier molecular flexibility index (Phi) is 1.91. The number of rotatable bonds is 0. The SMILES string of the molecule is CC1=C2CCCC(=O)N2CCC1. The van der Waals surface area contributed by atoms with Crippen LogP contribution in [0, 0.1) is 0 Å². The molecule has 0 bridgehead atoms. The molecule has 2 aliphatic heterocycles. The largest absolute Gasteiger partial charge is 0.316 e. The highest BCUT2D eigenvalue weighted by molar-refractivity contribution is 5.79. The molecule has 2 nitrogen and oxygen atoms in total. The summed E-state index contributed by atoms with van der Waals surface area (Å²) >= 11 is 0. The van der Waals surface area contributed by atoms with Crippen LogP contribution in [0.25, 0.3) is 0 Å². The van der Waals surface area contributed by atoms with E-state index in [9.17, 15) is 4.79 Å². The van der Waals surface area contributed by atoms with E-state index < -0.39 is 0 Å².